The quantitative estimate of drug-likeness (QED) is 0.597. The highest BCUT2D eigenvalue weighted by molar-refractivity contribution is 8.00. The largest absolute Gasteiger partial charge is 0.301 e. The molecular formula is C15H14OS. The number of hydrogen-bond acceptors (Lipinski definition) is 2. The van der Waals surface area contributed by atoms with E-state index in [9.17, 15) is 4.79 Å². The van der Waals surface area contributed by atoms with Crippen LogP contribution in [0.3, 0.4) is 0 Å². The smallest absolute Gasteiger partial charge is 0.140 e. The summed E-state index contributed by atoms with van der Waals surface area (Å²) in [4.78, 5) is 12.5. The minimum Gasteiger partial charge on any atom is -0.301 e. The molecule has 0 aliphatic carbocycles. The fourth-order valence-electron chi connectivity index (χ4n) is 1.65. The summed E-state index contributed by atoms with van der Waals surface area (Å²) in [5.41, 5.74) is 1.03. The predicted octanol–water partition coefficient (Wildman–Crippen LogP) is 3.89. The van der Waals surface area contributed by atoms with Gasteiger partial charge in [0.25, 0.3) is 0 Å². The number of benzene rings is 2. The lowest BCUT2D eigenvalue weighted by Crippen LogP contribution is -2.18. The zero-order valence-electron chi connectivity index (χ0n) is 9.67. The maximum absolute atomic E-state index is 11.4. The van der Waals surface area contributed by atoms with E-state index in [1.54, 1.807) is 11.8 Å². The zero-order valence-corrected chi connectivity index (χ0v) is 10.5. The van der Waals surface area contributed by atoms with Gasteiger partial charge >= 0.3 is 0 Å². The van der Waals surface area contributed by atoms with Crippen LogP contribution in [0, 0.1) is 0 Å². The third-order valence-electron chi connectivity index (χ3n) is 2.64. The van der Waals surface area contributed by atoms with Crippen molar-refractivity contribution in [3.63, 3.8) is 0 Å². The molecule has 0 radical (unpaired) electrons. The number of thioether (sulfide) groups is 1. The van der Waals surface area contributed by atoms with Gasteiger partial charge in [-0.25, -0.2) is 0 Å². The van der Waals surface area contributed by atoms with Gasteiger partial charge in [-0.3, -0.25) is 0 Å². The average Bonchev–Trinajstić information content (AvgIpc) is 2.41. The molecule has 0 saturated heterocycles. The van der Waals surface area contributed by atoms with Crippen LogP contribution in [0.5, 0.6) is 0 Å². The van der Waals surface area contributed by atoms with E-state index in [-0.39, 0.29) is 0 Å². The second-order valence-electron chi connectivity index (χ2n) is 4.01. The number of hydrogen-bond donors (Lipinski definition) is 0. The van der Waals surface area contributed by atoms with Gasteiger partial charge in [-0.15, -0.1) is 11.8 Å². The van der Waals surface area contributed by atoms with Crippen molar-refractivity contribution in [2.45, 2.75) is 16.6 Å². The molecule has 0 saturated carbocycles. The molecule has 0 aliphatic rings. The van der Waals surface area contributed by atoms with Crippen molar-refractivity contribution in [3.05, 3.63) is 66.2 Å². The third-order valence-corrected chi connectivity index (χ3v) is 3.91. The zero-order chi connectivity index (χ0) is 12.1. The van der Waals surface area contributed by atoms with E-state index in [1.165, 1.54) is 0 Å². The van der Waals surface area contributed by atoms with Gasteiger partial charge in [0.1, 0.15) is 6.29 Å². The lowest BCUT2D eigenvalue weighted by molar-refractivity contribution is -0.109. The molecule has 2 rings (SSSR count). The Balaban J connectivity index is 2.30. The normalized spacial score (nSPS) is 13.9. The molecule has 0 heterocycles. The summed E-state index contributed by atoms with van der Waals surface area (Å²) in [5, 5.41) is 0. The Bertz CT molecular complexity index is 481. The summed E-state index contributed by atoms with van der Waals surface area (Å²) >= 11 is 1.58. The second-order valence-corrected chi connectivity index (χ2v) is 5.53. The highest BCUT2D eigenvalue weighted by atomic mass is 32.2. The van der Waals surface area contributed by atoms with Crippen LogP contribution in [0.1, 0.15) is 12.5 Å². The fraction of sp³-hybridized carbons (Fsp3) is 0.133. The van der Waals surface area contributed by atoms with Gasteiger partial charge in [-0.1, -0.05) is 48.5 Å². The molecule has 0 spiro atoms. The molecule has 2 aromatic rings. The summed E-state index contributed by atoms with van der Waals surface area (Å²) < 4.78 is -0.525. The van der Waals surface area contributed by atoms with Gasteiger partial charge in [-0.2, -0.15) is 0 Å². The summed E-state index contributed by atoms with van der Waals surface area (Å²) in [5.74, 6) is 0. The van der Waals surface area contributed by atoms with Gasteiger partial charge in [0, 0.05) is 4.90 Å². The number of aldehydes is 1. The van der Waals surface area contributed by atoms with Crippen LogP contribution in [-0.2, 0) is 9.54 Å². The van der Waals surface area contributed by atoms with Crippen LogP contribution in [0.15, 0.2) is 65.6 Å². The van der Waals surface area contributed by atoms with Crippen LogP contribution >= 0.6 is 11.8 Å². The molecule has 0 amide bonds. The Hall–Kier alpha value is -1.54. The van der Waals surface area contributed by atoms with Crippen molar-refractivity contribution in [1.29, 1.82) is 0 Å². The summed E-state index contributed by atoms with van der Waals surface area (Å²) in [6.45, 7) is 1.95. The molecule has 0 fully saturated rings. The van der Waals surface area contributed by atoms with Crippen molar-refractivity contribution in [1.82, 2.24) is 0 Å². The predicted molar refractivity (Wildman–Crippen MR) is 72.2 cm³/mol. The summed E-state index contributed by atoms with van der Waals surface area (Å²) in [6.07, 6.45) is 1.01. The lowest BCUT2D eigenvalue weighted by atomic mass is 10.0. The van der Waals surface area contributed by atoms with E-state index in [4.69, 9.17) is 0 Å². The third kappa shape index (κ3) is 2.77. The first-order valence-corrected chi connectivity index (χ1v) is 6.32. The monoisotopic (exact) mass is 242 g/mol. The first kappa shape index (κ1) is 11.9. The topological polar surface area (TPSA) is 17.1 Å². The van der Waals surface area contributed by atoms with E-state index < -0.39 is 4.75 Å². The van der Waals surface area contributed by atoms with Crippen LogP contribution in [-0.4, -0.2) is 6.29 Å². The standard InChI is InChI=1S/C15H14OS/c1-15(12-16,13-8-4-2-5-9-13)17-14-10-6-3-7-11-14/h2-12H,1H3. The molecule has 0 aromatic heterocycles. The van der Waals surface area contributed by atoms with Crippen LogP contribution in [0.2, 0.25) is 0 Å². The van der Waals surface area contributed by atoms with E-state index in [0.717, 1.165) is 16.7 Å². The van der Waals surface area contributed by atoms with Gasteiger partial charge < -0.3 is 4.79 Å². The van der Waals surface area contributed by atoms with Crippen LogP contribution < -0.4 is 0 Å². The molecule has 0 N–H and O–H groups in total. The van der Waals surface area contributed by atoms with Gasteiger partial charge in [0.2, 0.25) is 0 Å². The number of rotatable bonds is 4. The lowest BCUT2D eigenvalue weighted by Gasteiger charge is -2.22. The molecule has 2 aromatic carbocycles. The Labute approximate surface area is 106 Å². The van der Waals surface area contributed by atoms with Gasteiger partial charge in [0.15, 0.2) is 0 Å². The van der Waals surface area contributed by atoms with Crippen molar-refractivity contribution < 1.29 is 4.79 Å². The van der Waals surface area contributed by atoms with Gasteiger partial charge in [0.05, 0.1) is 4.75 Å². The summed E-state index contributed by atoms with van der Waals surface area (Å²) in [7, 11) is 0. The maximum Gasteiger partial charge on any atom is 0.140 e. The first-order chi connectivity index (χ1) is 8.24. The minimum atomic E-state index is -0.525. The maximum atomic E-state index is 11.4. The average molecular weight is 242 g/mol. The number of carbonyl (C=O) groups excluding carboxylic acids is 1. The molecule has 86 valence electrons. The van der Waals surface area contributed by atoms with E-state index >= 15 is 0 Å². The Morgan fingerprint density at radius 1 is 0.941 bits per heavy atom. The van der Waals surface area contributed by atoms with E-state index in [1.807, 2.05) is 67.6 Å². The van der Waals surface area contributed by atoms with Crippen LogP contribution in [0.25, 0.3) is 0 Å². The molecular weight excluding hydrogens is 228 g/mol. The minimum absolute atomic E-state index is 0.525. The SMILES string of the molecule is CC(C=O)(Sc1ccccc1)c1ccccc1. The van der Waals surface area contributed by atoms with Crippen molar-refractivity contribution >= 4 is 18.0 Å². The second kappa shape index (κ2) is 5.19. The van der Waals surface area contributed by atoms with Crippen molar-refractivity contribution in [3.8, 4) is 0 Å². The van der Waals surface area contributed by atoms with E-state index in [0.29, 0.717) is 0 Å². The molecule has 1 unspecified atom stereocenters. The molecule has 0 bridgehead atoms. The number of carbonyl (C=O) groups is 1. The molecule has 1 atom stereocenters. The van der Waals surface area contributed by atoms with Crippen LogP contribution in [0.4, 0.5) is 0 Å². The van der Waals surface area contributed by atoms with E-state index in [2.05, 4.69) is 0 Å². The highest BCUT2D eigenvalue weighted by Crippen LogP contribution is 2.39. The van der Waals surface area contributed by atoms with Crippen molar-refractivity contribution in [2.24, 2.45) is 0 Å². The van der Waals surface area contributed by atoms with Gasteiger partial charge in [-0.05, 0) is 24.6 Å². The molecule has 0 aliphatic heterocycles. The fourth-order valence-corrected chi connectivity index (χ4v) is 2.74. The molecule has 17 heavy (non-hydrogen) atoms. The highest BCUT2D eigenvalue weighted by Gasteiger charge is 2.27. The molecule has 2 heteroatoms. The first-order valence-electron chi connectivity index (χ1n) is 5.50. The molecule has 1 nitrogen and oxygen atoms in total. The Morgan fingerprint density at radius 2 is 1.47 bits per heavy atom. The Morgan fingerprint density at radius 3 is 2.00 bits per heavy atom. The Kier molecular flexibility index (Phi) is 3.64. The summed E-state index contributed by atoms with van der Waals surface area (Å²) in [6, 6.07) is 19.9. The van der Waals surface area contributed by atoms with Crippen molar-refractivity contribution in [2.75, 3.05) is 0 Å².